The number of imidazole rings is 1. The van der Waals surface area contributed by atoms with Gasteiger partial charge >= 0.3 is 0 Å². The van der Waals surface area contributed by atoms with Crippen molar-refractivity contribution in [3.63, 3.8) is 0 Å². The van der Waals surface area contributed by atoms with Crippen molar-refractivity contribution >= 4 is 11.6 Å². The highest BCUT2D eigenvalue weighted by Gasteiger charge is 2.20. The summed E-state index contributed by atoms with van der Waals surface area (Å²) in [6.07, 6.45) is 3.14. The summed E-state index contributed by atoms with van der Waals surface area (Å²) in [6, 6.07) is 5.23. The van der Waals surface area contributed by atoms with Gasteiger partial charge in [0.25, 0.3) is 5.91 Å². The summed E-state index contributed by atoms with van der Waals surface area (Å²) in [5.74, 6) is 2.05. The summed E-state index contributed by atoms with van der Waals surface area (Å²) in [4.78, 5) is 25.8. The summed E-state index contributed by atoms with van der Waals surface area (Å²) in [5.41, 5.74) is 2.82. The molecule has 0 aliphatic carbocycles. The van der Waals surface area contributed by atoms with E-state index >= 15 is 0 Å². The number of anilines is 1. The van der Waals surface area contributed by atoms with Crippen molar-refractivity contribution in [2.24, 2.45) is 0 Å². The predicted molar refractivity (Wildman–Crippen MR) is 98.8 cm³/mol. The van der Waals surface area contributed by atoms with Crippen LogP contribution in [-0.2, 0) is 0 Å². The largest absolute Gasteiger partial charge is 0.486 e. The lowest BCUT2D eigenvalue weighted by atomic mass is 10.1. The Kier molecular flexibility index (Phi) is 4.23. The van der Waals surface area contributed by atoms with Crippen molar-refractivity contribution in [1.29, 1.82) is 0 Å². The molecule has 0 radical (unpaired) electrons. The van der Waals surface area contributed by atoms with Crippen molar-refractivity contribution in [3.8, 4) is 17.4 Å². The minimum absolute atomic E-state index is 0.306. The third-order valence-corrected chi connectivity index (χ3v) is 4.42. The summed E-state index contributed by atoms with van der Waals surface area (Å²) in [5, 5.41) is 2.80. The number of nitrogens with zero attached hydrogens (tertiary/aromatic N) is 4. The fourth-order valence-electron chi connectivity index (χ4n) is 3.03. The number of aryl methyl sites for hydroxylation is 2. The average molecular weight is 365 g/mol. The van der Waals surface area contributed by atoms with Crippen LogP contribution < -0.4 is 14.8 Å². The number of fused-ring (bicyclic) bond motifs is 1. The maximum Gasteiger partial charge on any atom is 0.259 e. The number of rotatable bonds is 3. The van der Waals surface area contributed by atoms with Crippen LogP contribution in [0.1, 0.15) is 27.6 Å². The van der Waals surface area contributed by atoms with E-state index in [4.69, 9.17) is 9.47 Å². The SMILES string of the molecule is Cc1nc(C)n(-c2ncc(NC(=O)c3cccc4c3OCCO4)cn2)c1C. The van der Waals surface area contributed by atoms with E-state index in [1.165, 1.54) is 0 Å². The van der Waals surface area contributed by atoms with Gasteiger partial charge in [-0.3, -0.25) is 9.36 Å². The maximum absolute atomic E-state index is 12.6. The normalized spacial score (nSPS) is 12.7. The van der Waals surface area contributed by atoms with Crippen molar-refractivity contribution < 1.29 is 14.3 Å². The van der Waals surface area contributed by atoms with Gasteiger partial charge in [-0.15, -0.1) is 0 Å². The molecule has 0 fully saturated rings. The topological polar surface area (TPSA) is 91.2 Å². The van der Waals surface area contributed by atoms with Crippen LogP contribution in [0.25, 0.3) is 5.95 Å². The lowest BCUT2D eigenvalue weighted by Gasteiger charge is -2.20. The summed E-state index contributed by atoms with van der Waals surface area (Å²) < 4.78 is 13.0. The predicted octanol–water partition coefficient (Wildman–Crippen LogP) is 2.61. The first-order chi connectivity index (χ1) is 13.0. The van der Waals surface area contributed by atoms with E-state index in [1.54, 1.807) is 30.6 Å². The van der Waals surface area contributed by atoms with Gasteiger partial charge in [0, 0.05) is 5.69 Å². The van der Waals surface area contributed by atoms with Gasteiger partial charge in [-0.25, -0.2) is 15.0 Å². The molecule has 1 aromatic carbocycles. The number of nitrogens with one attached hydrogen (secondary N) is 1. The molecule has 1 amide bonds. The van der Waals surface area contributed by atoms with E-state index in [0.717, 1.165) is 17.2 Å². The van der Waals surface area contributed by atoms with Gasteiger partial charge in [0.2, 0.25) is 5.95 Å². The number of hydrogen-bond acceptors (Lipinski definition) is 6. The molecular weight excluding hydrogens is 346 g/mol. The maximum atomic E-state index is 12.6. The minimum atomic E-state index is -0.306. The Hall–Kier alpha value is -3.42. The van der Waals surface area contributed by atoms with Crippen LogP contribution in [0.2, 0.25) is 0 Å². The van der Waals surface area contributed by atoms with Crippen molar-refractivity contribution in [2.45, 2.75) is 20.8 Å². The Labute approximate surface area is 156 Å². The van der Waals surface area contributed by atoms with Crippen LogP contribution in [0.4, 0.5) is 5.69 Å². The Morgan fingerprint density at radius 1 is 1.11 bits per heavy atom. The number of aromatic nitrogens is 4. The highest BCUT2D eigenvalue weighted by atomic mass is 16.6. The van der Waals surface area contributed by atoms with Crippen molar-refractivity contribution in [2.75, 3.05) is 18.5 Å². The summed E-state index contributed by atoms with van der Waals surface area (Å²) >= 11 is 0. The Bertz CT molecular complexity index is 1010. The van der Waals surface area contributed by atoms with Crippen LogP contribution in [0.15, 0.2) is 30.6 Å². The second kappa shape index (κ2) is 6.71. The first-order valence-electron chi connectivity index (χ1n) is 8.59. The monoisotopic (exact) mass is 365 g/mol. The second-order valence-corrected chi connectivity index (χ2v) is 6.22. The smallest absolute Gasteiger partial charge is 0.259 e. The zero-order chi connectivity index (χ0) is 19.0. The molecule has 0 atom stereocenters. The standard InChI is InChI=1S/C19H19N5O3/c1-11-12(2)24(13(3)22-11)19-20-9-14(10-21-19)23-18(25)15-5-4-6-16-17(15)27-8-7-26-16/h4-6,9-10H,7-8H2,1-3H3,(H,23,25). The van der Waals surface area contributed by atoms with E-state index in [2.05, 4.69) is 20.3 Å². The summed E-state index contributed by atoms with van der Waals surface area (Å²) in [6.45, 7) is 6.70. The molecule has 2 aromatic heterocycles. The molecule has 0 bridgehead atoms. The first kappa shape index (κ1) is 17.0. The second-order valence-electron chi connectivity index (χ2n) is 6.22. The molecule has 4 rings (SSSR count). The molecule has 3 aromatic rings. The van der Waals surface area contributed by atoms with Gasteiger partial charge in [0.05, 0.1) is 29.3 Å². The number of benzene rings is 1. The molecule has 27 heavy (non-hydrogen) atoms. The lowest BCUT2D eigenvalue weighted by Crippen LogP contribution is -2.20. The number of carbonyl (C=O) groups is 1. The van der Waals surface area contributed by atoms with Crippen LogP contribution in [0.3, 0.4) is 0 Å². The summed E-state index contributed by atoms with van der Waals surface area (Å²) in [7, 11) is 0. The highest BCUT2D eigenvalue weighted by Crippen LogP contribution is 2.33. The van der Waals surface area contributed by atoms with Crippen LogP contribution >= 0.6 is 0 Å². The molecule has 3 heterocycles. The molecular formula is C19H19N5O3. The van der Waals surface area contributed by atoms with Crippen molar-refractivity contribution in [3.05, 3.63) is 53.4 Å². The Morgan fingerprint density at radius 2 is 1.85 bits per heavy atom. The molecule has 8 nitrogen and oxygen atoms in total. The molecule has 0 saturated heterocycles. The van der Waals surface area contributed by atoms with E-state index in [1.807, 2.05) is 25.3 Å². The van der Waals surface area contributed by atoms with Crippen LogP contribution in [0, 0.1) is 20.8 Å². The van der Waals surface area contributed by atoms with Gasteiger partial charge in [0.1, 0.15) is 19.0 Å². The van der Waals surface area contributed by atoms with E-state index in [9.17, 15) is 4.79 Å². The fraction of sp³-hybridized carbons (Fsp3) is 0.263. The molecule has 1 aliphatic rings. The molecule has 138 valence electrons. The molecule has 0 spiro atoms. The van der Waals surface area contributed by atoms with Gasteiger partial charge in [-0.1, -0.05) is 6.07 Å². The lowest BCUT2D eigenvalue weighted by molar-refractivity contribution is 0.101. The Balaban J connectivity index is 1.56. The third-order valence-electron chi connectivity index (χ3n) is 4.42. The van der Waals surface area contributed by atoms with Crippen LogP contribution in [-0.4, -0.2) is 38.6 Å². The van der Waals surface area contributed by atoms with Gasteiger partial charge < -0.3 is 14.8 Å². The van der Waals surface area contributed by atoms with E-state index in [-0.39, 0.29) is 5.91 Å². The quantitative estimate of drug-likeness (QED) is 0.767. The number of hydrogen-bond donors (Lipinski definition) is 1. The molecule has 0 saturated carbocycles. The molecule has 8 heteroatoms. The highest BCUT2D eigenvalue weighted by molar-refractivity contribution is 6.06. The zero-order valence-corrected chi connectivity index (χ0v) is 15.3. The average Bonchev–Trinajstić information content (AvgIpc) is 2.94. The number of amides is 1. The third kappa shape index (κ3) is 3.10. The number of ether oxygens (including phenoxy) is 2. The number of carbonyl (C=O) groups excluding carboxylic acids is 1. The molecule has 0 unspecified atom stereocenters. The van der Waals surface area contributed by atoms with Gasteiger partial charge in [-0.2, -0.15) is 0 Å². The number of para-hydroxylation sites is 1. The van der Waals surface area contributed by atoms with Gasteiger partial charge in [0.15, 0.2) is 11.5 Å². The minimum Gasteiger partial charge on any atom is -0.486 e. The first-order valence-corrected chi connectivity index (χ1v) is 8.59. The van der Waals surface area contributed by atoms with E-state index < -0.39 is 0 Å². The van der Waals surface area contributed by atoms with E-state index in [0.29, 0.717) is 41.9 Å². The zero-order valence-electron chi connectivity index (χ0n) is 15.3. The molecule has 1 N–H and O–H groups in total. The van der Waals surface area contributed by atoms with Crippen LogP contribution in [0.5, 0.6) is 11.5 Å². The fourth-order valence-corrected chi connectivity index (χ4v) is 3.03. The van der Waals surface area contributed by atoms with Crippen molar-refractivity contribution in [1.82, 2.24) is 19.5 Å². The Morgan fingerprint density at radius 3 is 2.56 bits per heavy atom. The van der Waals surface area contributed by atoms with Gasteiger partial charge in [-0.05, 0) is 32.9 Å². The molecule has 1 aliphatic heterocycles.